The van der Waals surface area contributed by atoms with E-state index in [2.05, 4.69) is 48.1 Å². The molecule has 0 aliphatic carbocycles. The zero-order chi connectivity index (χ0) is 19.7. The average Bonchev–Trinajstić information content (AvgIpc) is 2.94. The Kier molecular flexibility index (Phi) is 5.58. The van der Waals surface area contributed by atoms with Gasteiger partial charge < -0.3 is 10.1 Å². The number of nitrogens with zero attached hydrogens (tertiary/aromatic N) is 4. The molecule has 0 aliphatic rings. The summed E-state index contributed by atoms with van der Waals surface area (Å²) in [6, 6.07) is -0.490. The standard InChI is InChI=1S/C19H31N5O2/c1-9-12(2)14(17(25)26-19(6,7)8)23-15-13-10-22-24(18(3,4)5)16(13)21-11-20-15/h10-12,14H,9H2,1-8H3,(H,20,21,23)/t12-,14-/m0/s1. The lowest BCUT2D eigenvalue weighted by molar-refractivity contribution is -0.157. The van der Waals surface area contributed by atoms with Crippen molar-refractivity contribution in [1.82, 2.24) is 19.7 Å². The molecule has 0 saturated carbocycles. The van der Waals surface area contributed by atoms with E-state index in [0.717, 1.165) is 17.5 Å². The number of ether oxygens (including phenoxy) is 1. The van der Waals surface area contributed by atoms with Crippen LogP contribution in [0.15, 0.2) is 12.5 Å². The molecule has 0 saturated heterocycles. The van der Waals surface area contributed by atoms with Crippen molar-refractivity contribution in [1.29, 1.82) is 0 Å². The number of nitrogens with one attached hydrogen (secondary N) is 1. The van der Waals surface area contributed by atoms with Gasteiger partial charge in [0, 0.05) is 0 Å². The molecule has 144 valence electrons. The molecule has 2 rings (SSSR count). The van der Waals surface area contributed by atoms with Gasteiger partial charge in [0.1, 0.15) is 23.8 Å². The molecule has 7 heteroatoms. The Morgan fingerprint density at radius 3 is 2.42 bits per heavy atom. The van der Waals surface area contributed by atoms with Crippen LogP contribution in [0.2, 0.25) is 0 Å². The van der Waals surface area contributed by atoms with Crippen molar-refractivity contribution in [3.8, 4) is 0 Å². The van der Waals surface area contributed by atoms with Crippen molar-refractivity contribution in [3.63, 3.8) is 0 Å². The molecule has 0 aliphatic heterocycles. The van der Waals surface area contributed by atoms with E-state index in [1.165, 1.54) is 6.33 Å². The molecule has 2 atom stereocenters. The van der Waals surface area contributed by atoms with Crippen LogP contribution in [0.4, 0.5) is 5.82 Å². The Bertz CT molecular complexity index is 770. The first-order valence-corrected chi connectivity index (χ1v) is 9.12. The Hall–Kier alpha value is -2.18. The first-order chi connectivity index (χ1) is 11.9. The number of anilines is 1. The molecular weight excluding hydrogens is 330 g/mol. The molecule has 0 fully saturated rings. The summed E-state index contributed by atoms with van der Waals surface area (Å²) in [5.41, 5.74) is -0.000806. The van der Waals surface area contributed by atoms with Crippen molar-refractivity contribution in [2.24, 2.45) is 5.92 Å². The molecule has 0 amide bonds. The van der Waals surface area contributed by atoms with Gasteiger partial charge in [-0.1, -0.05) is 20.3 Å². The largest absolute Gasteiger partial charge is 0.458 e. The zero-order valence-corrected chi connectivity index (χ0v) is 17.1. The highest BCUT2D eigenvalue weighted by molar-refractivity contribution is 5.89. The van der Waals surface area contributed by atoms with Gasteiger partial charge in [-0.2, -0.15) is 5.10 Å². The number of hydrogen-bond acceptors (Lipinski definition) is 6. The SMILES string of the molecule is CC[C@H](C)[C@H](Nc1ncnc2c1cnn2C(C)(C)C)C(=O)OC(C)(C)C. The van der Waals surface area contributed by atoms with Gasteiger partial charge in [0.15, 0.2) is 5.65 Å². The summed E-state index contributed by atoms with van der Waals surface area (Å²) in [6.45, 7) is 15.9. The first-order valence-electron chi connectivity index (χ1n) is 9.12. The summed E-state index contributed by atoms with van der Waals surface area (Å²) in [5, 5.41) is 8.53. The molecule has 7 nitrogen and oxygen atoms in total. The third-order valence-electron chi connectivity index (χ3n) is 4.17. The fourth-order valence-electron chi connectivity index (χ4n) is 2.63. The molecule has 2 heterocycles. The number of aromatic nitrogens is 4. The highest BCUT2D eigenvalue weighted by Crippen LogP contribution is 2.26. The van der Waals surface area contributed by atoms with E-state index in [1.54, 1.807) is 6.20 Å². The minimum absolute atomic E-state index is 0.0903. The van der Waals surface area contributed by atoms with Crippen molar-refractivity contribution in [3.05, 3.63) is 12.5 Å². The number of carbonyl (C=O) groups is 1. The van der Waals surface area contributed by atoms with Crippen LogP contribution in [0.3, 0.4) is 0 Å². The van der Waals surface area contributed by atoms with Crippen molar-refractivity contribution in [2.75, 3.05) is 5.32 Å². The second-order valence-electron chi connectivity index (χ2n) is 8.73. The van der Waals surface area contributed by atoms with Crippen molar-refractivity contribution in [2.45, 2.75) is 79.0 Å². The Balaban J connectivity index is 2.40. The zero-order valence-electron chi connectivity index (χ0n) is 17.1. The third-order valence-corrected chi connectivity index (χ3v) is 4.17. The normalized spacial score (nSPS) is 14.9. The molecule has 2 aromatic rings. The first kappa shape index (κ1) is 20.1. The van der Waals surface area contributed by atoms with Crippen LogP contribution in [-0.2, 0) is 15.1 Å². The molecule has 0 unspecified atom stereocenters. The molecular formula is C19H31N5O2. The summed E-state index contributed by atoms with van der Waals surface area (Å²) in [7, 11) is 0. The summed E-state index contributed by atoms with van der Waals surface area (Å²) in [4.78, 5) is 21.4. The maximum atomic E-state index is 12.7. The second-order valence-corrected chi connectivity index (χ2v) is 8.73. The fraction of sp³-hybridized carbons (Fsp3) is 0.684. The number of hydrogen-bond donors (Lipinski definition) is 1. The minimum atomic E-state index is -0.539. The number of carbonyl (C=O) groups excluding carboxylic acids is 1. The summed E-state index contributed by atoms with van der Waals surface area (Å²) < 4.78 is 7.46. The summed E-state index contributed by atoms with van der Waals surface area (Å²) in [5.74, 6) is 0.413. The van der Waals surface area contributed by atoms with Crippen molar-refractivity contribution >= 4 is 22.8 Å². The van der Waals surface area contributed by atoms with Gasteiger partial charge >= 0.3 is 5.97 Å². The molecule has 0 bridgehead atoms. The van der Waals surface area contributed by atoms with Crippen LogP contribution in [0.5, 0.6) is 0 Å². The summed E-state index contributed by atoms with van der Waals surface area (Å²) >= 11 is 0. The van der Waals surface area contributed by atoms with Gasteiger partial charge in [-0.15, -0.1) is 0 Å². The van der Waals surface area contributed by atoms with Crippen LogP contribution in [0, 0.1) is 5.92 Å². The topological polar surface area (TPSA) is 81.9 Å². The van der Waals surface area contributed by atoms with Crippen LogP contribution >= 0.6 is 0 Å². The molecule has 0 radical (unpaired) electrons. The molecule has 26 heavy (non-hydrogen) atoms. The van der Waals surface area contributed by atoms with E-state index in [-0.39, 0.29) is 17.4 Å². The predicted octanol–water partition coefficient (Wildman–Crippen LogP) is 3.75. The van der Waals surface area contributed by atoms with Crippen LogP contribution < -0.4 is 5.32 Å². The van der Waals surface area contributed by atoms with E-state index in [0.29, 0.717) is 5.82 Å². The van der Waals surface area contributed by atoms with Crippen molar-refractivity contribution < 1.29 is 9.53 Å². The molecule has 0 aromatic carbocycles. The van der Waals surface area contributed by atoms with Gasteiger partial charge in [-0.3, -0.25) is 0 Å². The highest BCUT2D eigenvalue weighted by atomic mass is 16.6. The van der Waals surface area contributed by atoms with Gasteiger partial charge in [0.2, 0.25) is 0 Å². The highest BCUT2D eigenvalue weighted by Gasteiger charge is 2.30. The van der Waals surface area contributed by atoms with Gasteiger partial charge in [-0.25, -0.2) is 19.4 Å². The predicted molar refractivity (Wildman–Crippen MR) is 103 cm³/mol. The Morgan fingerprint density at radius 2 is 1.88 bits per heavy atom. The van der Waals surface area contributed by atoms with Crippen LogP contribution in [0.25, 0.3) is 11.0 Å². The lowest BCUT2D eigenvalue weighted by Gasteiger charge is -2.28. The maximum absolute atomic E-state index is 12.7. The molecule has 1 N–H and O–H groups in total. The number of esters is 1. The Labute approximate surface area is 155 Å². The molecule has 2 aromatic heterocycles. The number of rotatable bonds is 5. The second kappa shape index (κ2) is 7.21. The maximum Gasteiger partial charge on any atom is 0.329 e. The lowest BCUT2D eigenvalue weighted by atomic mass is 9.98. The number of fused-ring (bicyclic) bond motifs is 1. The quantitative estimate of drug-likeness (QED) is 0.817. The van der Waals surface area contributed by atoms with E-state index >= 15 is 0 Å². The van der Waals surface area contributed by atoms with Crippen LogP contribution in [-0.4, -0.2) is 37.4 Å². The van der Waals surface area contributed by atoms with Gasteiger partial charge in [0.25, 0.3) is 0 Å². The third kappa shape index (κ3) is 4.51. The average molecular weight is 361 g/mol. The van der Waals surface area contributed by atoms with E-state index in [1.807, 2.05) is 32.4 Å². The lowest BCUT2D eigenvalue weighted by Crippen LogP contribution is -2.40. The monoisotopic (exact) mass is 361 g/mol. The van der Waals surface area contributed by atoms with E-state index < -0.39 is 11.6 Å². The Morgan fingerprint density at radius 1 is 1.23 bits per heavy atom. The van der Waals surface area contributed by atoms with E-state index in [4.69, 9.17) is 4.74 Å². The smallest absolute Gasteiger partial charge is 0.329 e. The van der Waals surface area contributed by atoms with Gasteiger partial charge in [-0.05, 0) is 47.5 Å². The minimum Gasteiger partial charge on any atom is -0.458 e. The molecule has 0 spiro atoms. The fourth-order valence-corrected chi connectivity index (χ4v) is 2.63. The summed E-state index contributed by atoms with van der Waals surface area (Å²) in [6.07, 6.45) is 4.08. The van der Waals surface area contributed by atoms with E-state index in [9.17, 15) is 4.79 Å². The van der Waals surface area contributed by atoms with Gasteiger partial charge in [0.05, 0.1) is 17.1 Å². The van der Waals surface area contributed by atoms with Crippen LogP contribution in [0.1, 0.15) is 61.8 Å².